The molecule has 0 aliphatic heterocycles. The molecule has 174 valence electrons. The number of pyridine rings is 2. The number of aliphatic hydroxyl groups excluding tert-OH is 1. The number of nitriles is 1. The van der Waals surface area contributed by atoms with Gasteiger partial charge in [-0.3, -0.25) is 4.57 Å². The summed E-state index contributed by atoms with van der Waals surface area (Å²) in [6.45, 7) is 4.45. The fourth-order valence-electron chi connectivity index (χ4n) is 4.65. The number of rotatable bonds is 6. The third kappa shape index (κ3) is 4.24. The first-order valence-electron chi connectivity index (χ1n) is 11.7. The minimum Gasteiger partial charge on any atom is -0.396 e. The van der Waals surface area contributed by atoms with Gasteiger partial charge in [0.05, 0.1) is 17.8 Å². The Hall–Kier alpha value is -3.77. The zero-order valence-corrected chi connectivity index (χ0v) is 19.4. The molecule has 0 aromatic carbocycles. The van der Waals surface area contributed by atoms with Crippen LogP contribution < -0.4 is 5.32 Å². The first-order chi connectivity index (χ1) is 16.6. The molecule has 9 heteroatoms. The average Bonchev–Trinajstić information content (AvgIpc) is 3.51. The van der Waals surface area contributed by atoms with E-state index in [1.54, 1.807) is 6.20 Å². The molecule has 34 heavy (non-hydrogen) atoms. The van der Waals surface area contributed by atoms with E-state index in [0.717, 1.165) is 59.5 Å². The van der Waals surface area contributed by atoms with Crippen molar-refractivity contribution in [2.24, 2.45) is 5.92 Å². The predicted octanol–water partition coefficient (Wildman–Crippen LogP) is 4.09. The zero-order chi connectivity index (χ0) is 23.7. The lowest BCUT2D eigenvalue weighted by atomic mass is 9.87. The fraction of sp³-hybridized carbons (Fsp3) is 0.400. The summed E-state index contributed by atoms with van der Waals surface area (Å²) in [6.07, 6.45) is 11.4. The lowest BCUT2D eigenvalue weighted by Gasteiger charge is -2.26. The quantitative estimate of drug-likeness (QED) is 0.448. The van der Waals surface area contributed by atoms with E-state index in [9.17, 15) is 5.11 Å². The van der Waals surface area contributed by atoms with Crippen LogP contribution in [0.3, 0.4) is 0 Å². The van der Waals surface area contributed by atoms with Gasteiger partial charge in [0.1, 0.15) is 23.2 Å². The Bertz CT molecular complexity index is 1340. The summed E-state index contributed by atoms with van der Waals surface area (Å²) in [5.41, 5.74) is 3.87. The van der Waals surface area contributed by atoms with E-state index in [0.29, 0.717) is 17.5 Å². The SMILES string of the molecule is CC(C)Nc1cc(-n2ccc3cc(C#N)cnc32)ncc1-c1cn([C@H]2CC[C@H](CO)CC2)nn1. The summed E-state index contributed by atoms with van der Waals surface area (Å²) < 4.78 is 3.88. The predicted molar refractivity (Wildman–Crippen MR) is 129 cm³/mol. The lowest BCUT2D eigenvalue weighted by Crippen LogP contribution is -2.20. The first kappa shape index (κ1) is 22.0. The van der Waals surface area contributed by atoms with Crippen molar-refractivity contribution in [1.82, 2.24) is 29.5 Å². The van der Waals surface area contributed by atoms with Crippen LogP contribution in [-0.4, -0.2) is 47.3 Å². The first-order valence-corrected chi connectivity index (χ1v) is 11.7. The maximum absolute atomic E-state index is 9.41. The second-order valence-corrected chi connectivity index (χ2v) is 9.26. The zero-order valence-electron chi connectivity index (χ0n) is 19.4. The van der Waals surface area contributed by atoms with Crippen LogP contribution in [0.25, 0.3) is 28.1 Å². The second kappa shape index (κ2) is 9.23. The summed E-state index contributed by atoms with van der Waals surface area (Å²) >= 11 is 0. The van der Waals surface area contributed by atoms with Crippen LogP contribution in [0.2, 0.25) is 0 Å². The number of aromatic nitrogens is 6. The monoisotopic (exact) mass is 456 g/mol. The Labute approximate surface area is 198 Å². The van der Waals surface area contributed by atoms with Gasteiger partial charge in [0.15, 0.2) is 0 Å². The summed E-state index contributed by atoms with van der Waals surface area (Å²) in [4.78, 5) is 9.18. The van der Waals surface area contributed by atoms with Crippen LogP contribution in [0.4, 0.5) is 5.69 Å². The Balaban J connectivity index is 1.48. The van der Waals surface area contributed by atoms with E-state index < -0.39 is 0 Å². The highest BCUT2D eigenvalue weighted by atomic mass is 16.3. The number of fused-ring (bicyclic) bond motifs is 1. The largest absolute Gasteiger partial charge is 0.396 e. The molecule has 1 aliphatic carbocycles. The summed E-state index contributed by atoms with van der Waals surface area (Å²) in [6, 6.07) is 8.43. The third-order valence-electron chi connectivity index (χ3n) is 6.47. The van der Waals surface area contributed by atoms with E-state index in [-0.39, 0.29) is 12.6 Å². The molecule has 0 amide bonds. The minimum absolute atomic E-state index is 0.218. The standard InChI is InChI=1S/C25H28N8O/c1-16(2)29-22-10-24(32-8-7-19-9-18(11-26)12-28-25(19)32)27-13-21(22)23-14-33(31-30-23)20-5-3-17(15-34)4-6-20/h7-10,12-14,16-17,20,34H,3-6,15H2,1-2H3,(H,27,29)/t17-,20-. The van der Waals surface area contributed by atoms with Crippen molar-refractivity contribution in [1.29, 1.82) is 5.26 Å². The van der Waals surface area contributed by atoms with Crippen LogP contribution in [0, 0.1) is 17.2 Å². The molecule has 1 fully saturated rings. The van der Waals surface area contributed by atoms with Crippen molar-refractivity contribution >= 4 is 16.7 Å². The van der Waals surface area contributed by atoms with Gasteiger partial charge in [0.25, 0.3) is 0 Å². The number of hydrogen-bond donors (Lipinski definition) is 2. The van der Waals surface area contributed by atoms with E-state index in [1.807, 2.05) is 46.0 Å². The summed E-state index contributed by atoms with van der Waals surface area (Å²) in [7, 11) is 0. The lowest BCUT2D eigenvalue weighted by molar-refractivity contribution is 0.164. The number of hydrogen-bond acceptors (Lipinski definition) is 7. The van der Waals surface area contributed by atoms with E-state index in [1.165, 1.54) is 0 Å². The number of anilines is 1. The van der Waals surface area contributed by atoms with Gasteiger partial charge in [0.2, 0.25) is 0 Å². The van der Waals surface area contributed by atoms with Crippen molar-refractivity contribution < 1.29 is 5.11 Å². The third-order valence-corrected chi connectivity index (χ3v) is 6.47. The smallest absolute Gasteiger partial charge is 0.145 e. The van der Waals surface area contributed by atoms with Crippen molar-refractivity contribution in [2.75, 3.05) is 11.9 Å². The highest BCUT2D eigenvalue weighted by Gasteiger charge is 2.23. The van der Waals surface area contributed by atoms with Crippen molar-refractivity contribution in [2.45, 2.75) is 51.6 Å². The van der Waals surface area contributed by atoms with Crippen LogP contribution in [0.5, 0.6) is 0 Å². The highest BCUT2D eigenvalue weighted by molar-refractivity contribution is 5.80. The Morgan fingerprint density at radius 3 is 2.74 bits per heavy atom. The van der Waals surface area contributed by atoms with Gasteiger partial charge in [0, 0.05) is 53.9 Å². The molecule has 0 radical (unpaired) electrons. The molecule has 4 heterocycles. The van der Waals surface area contributed by atoms with Gasteiger partial charge in [-0.2, -0.15) is 5.26 Å². The molecule has 0 atom stereocenters. The van der Waals surface area contributed by atoms with Crippen molar-refractivity contribution in [3.8, 4) is 23.1 Å². The van der Waals surface area contributed by atoms with Crippen LogP contribution in [0.1, 0.15) is 51.1 Å². The van der Waals surface area contributed by atoms with Gasteiger partial charge in [-0.25, -0.2) is 14.6 Å². The van der Waals surface area contributed by atoms with Crippen LogP contribution in [0.15, 0.2) is 43.0 Å². The molecule has 1 saturated carbocycles. The van der Waals surface area contributed by atoms with E-state index in [2.05, 4.69) is 40.5 Å². The molecular weight excluding hydrogens is 428 g/mol. The number of aliphatic hydroxyl groups is 1. The van der Waals surface area contributed by atoms with E-state index >= 15 is 0 Å². The molecule has 4 aromatic heterocycles. The molecule has 9 nitrogen and oxygen atoms in total. The fourth-order valence-corrected chi connectivity index (χ4v) is 4.65. The topological polar surface area (TPSA) is 117 Å². The second-order valence-electron chi connectivity index (χ2n) is 9.26. The minimum atomic E-state index is 0.218. The highest BCUT2D eigenvalue weighted by Crippen LogP contribution is 2.34. The Kier molecular flexibility index (Phi) is 5.99. The molecule has 0 unspecified atom stereocenters. The molecule has 5 rings (SSSR count). The molecule has 0 saturated heterocycles. The molecular formula is C25H28N8O. The Morgan fingerprint density at radius 2 is 2.00 bits per heavy atom. The van der Waals surface area contributed by atoms with Crippen LogP contribution in [-0.2, 0) is 0 Å². The average molecular weight is 457 g/mol. The normalized spacial score (nSPS) is 18.3. The van der Waals surface area contributed by atoms with E-state index in [4.69, 9.17) is 10.2 Å². The van der Waals surface area contributed by atoms with Gasteiger partial charge in [-0.1, -0.05) is 5.21 Å². The molecule has 0 bridgehead atoms. The van der Waals surface area contributed by atoms with Crippen LogP contribution >= 0.6 is 0 Å². The number of nitrogens with zero attached hydrogens (tertiary/aromatic N) is 7. The van der Waals surface area contributed by atoms with Gasteiger partial charge in [-0.05, 0) is 57.6 Å². The molecule has 0 spiro atoms. The van der Waals surface area contributed by atoms with Crippen molar-refractivity contribution in [3.63, 3.8) is 0 Å². The van der Waals surface area contributed by atoms with Gasteiger partial charge >= 0.3 is 0 Å². The van der Waals surface area contributed by atoms with Gasteiger partial charge < -0.3 is 10.4 Å². The van der Waals surface area contributed by atoms with Gasteiger partial charge in [-0.15, -0.1) is 5.10 Å². The maximum atomic E-state index is 9.41. The Morgan fingerprint density at radius 1 is 1.18 bits per heavy atom. The molecule has 4 aromatic rings. The molecule has 1 aliphatic rings. The number of nitrogens with one attached hydrogen (secondary N) is 1. The molecule has 2 N–H and O–H groups in total. The summed E-state index contributed by atoms with van der Waals surface area (Å²) in [5.74, 6) is 1.14. The van der Waals surface area contributed by atoms with Crippen molar-refractivity contribution in [3.05, 3.63) is 48.5 Å². The summed E-state index contributed by atoms with van der Waals surface area (Å²) in [5, 5.41) is 31.9. The maximum Gasteiger partial charge on any atom is 0.145 e.